The highest BCUT2D eigenvalue weighted by atomic mass is 32.1. The van der Waals surface area contributed by atoms with E-state index in [2.05, 4.69) is 0 Å². The Hall–Kier alpha value is -1.36. The number of likely N-dealkylation sites (tertiary alicyclic amines) is 1. The van der Waals surface area contributed by atoms with Crippen molar-refractivity contribution in [3.05, 3.63) is 21.4 Å². The highest BCUT2D eigenvalue weighted by Gasteiger charge is 2.34. The van der Waals surface area contributed by atoms with Crippen LogP contribution in [0.3, 0.4) is 0 Å². The molecular formula is C15H19NO3S. The fraction of sp³-hybridized carbons (Fsp3) is 0.600. The zero-order chi connectivity index (χ0) is 14.1. The molecule has 1 aromatic heterocycles. The third-order valence-corrected chi connectivity index (χ3v) is 5.42. The Balaban J connectivity index is 1.81. The number of thiophene rings is 1. The van der Waals surface area contributed by atoms with Gasteiger partial charge in [0.1, 0.15) is 6.04 Å². The van der Waals surface area contributed by atoms with Crippen LogP contribution in [0, 0.1) is 0 Å². The summed E-state index contributed by atoms with van der Waals surface area (Å²) < 4.78 is 4.84. The van der Waals surface area contributed by atoms with Crippen LogP contribution in [0.15, 0.2) is 6.07 Å². The van der Waals surface area contributed by atoms with Crippen LogP contribution < -0.4 is 0 Å². The number of carbonyl (C=O) groups excluding carboxylic acids is 2. The van der Waals surface area contributed by atoms with Crippen molar-refractivity contribution in [3.63, 3.8) is 0 Å². The van der Waals surface area contributed by atoms with Gasteiger partial charge in [-0.3, -0.25) is 4.79 Å². The van der Waals surface area contributed by atoms with Crippen LogP contribution in [0.1, 0.15) is 45.8 Å². The number of amides is 1. The molecule has 1 aromatic rings. The van der Waals surface area contributed by atoms with Crippen molar-refractivity contribution >= 4 is 23.2 Å². The summed E-state index contributed by atoms with van der Waals surface area (Å²) in [4.78, 5) is 28.3. The summed E-state index contributed by atoms with van der Waals surface area (Å²) >= 11 is 1.60. The topological polar surface area (TPSA) is 46.6 Å². The number of hydrogen-bond donors (Lipinski definition) is 0. The SMILES string of the molecule is COC(=O)[C@H]1CCCCN1C(=O)c1cc2c(s1)CCC2. The summed E-state index contributed by atoms with van der Waals surface area (Å²) in [5, 5.41) is 0. The van der Waals surface area contributed by atoms with Gasteiger partial charge < -0.3 is 9.64 Å². The average molecular weight is 293 g/mol. The Morgan fingerprint density at radius 1 is 1.30 bits per heavy atom. The molecule has 4 nitrogen and oxygen atoms in total. The second kappa shape index (κ2) is 5.56. The van der Waals surface area contributed by atoms with E-state index < -0.39 is 6.04 Å². The molecule has 5 heteroatoms. The maximum absolute atomic E-state index is 12.7. The normalized spacial score (nSPS) is 21.6. The quantitative estimate of drug-likeness (QED) is 0.787. The fourth-order valence-electron chi connectivity index (χ4n) is 3.13. The Kier molecular flexibility index (Phi) is 3.78. The first-order chi connectivity index (χ1) is 9.70. The number of nitrogens with zero attached hydrogens (tertiary/aromatic N) is 1. The van der Waals surface area contributed by atoms with Crippen molar-refractivity contribution in [1.82, 2.24) is 4.90 Å². The van der Waals surface area contributed by atoms with Gasteiger partial charge >= 0.3 is 5.97 Å². The minimum atomic E-state index is -0.404. The number of ether oxygens (including phenoxy) is 1. The molecule has 0 unspecified atom stereocenters. The molecule has 1 fully saturated rings. The number of carbonyl (C=O) groups is 2. The van der Waals surface area contributed by atoms with E-state index in [1.54, 1.807) is 16.2 Å². The van der Waals surface area contributed by atoms with Gasteiger partial charge in [0.2, 0.25) is 0 Å². The number of hydrogen-bond acceptors (Lipinski definition) is 4. The molecule has 2 heterocycles. The van der Waals surface area contributed by atoms with Crippen molar-refractivity contribution in [3.8, 4) is 0 Å². The highest BCUT2D eigenvalue weighted by molar-refractivity contribution is 7.14. The lowest BCUT2D eigenvalue weighted by Gasteiger charge is -2.33. The second-order valence-electron chi connectivity index (χ2n) is 5.45. The maximum atomic E-state index is 12.7. The third kappa shape index (κ3) is 2.35. The molecule has 2 aliphatic rings. The van der Waals surface area contributed by atoms with E-state index in [0.717, 1.165) is 30.6 Å². The third-order valence-electron chi connectivity index (χ3n) is 4.19. The van der Waals surface area contributed by atoms with Crippen LogP contribution in [0.25, 0.3) is 0 Å². The average Bonchev–Trinajstić information content (AvgIpc) is 3.07. The number of rotatable bonds is 2. The van der Waals surface area contributed by atoms with Gasteiger partial charge in [-0.2, -0.15) is 0 Å². The van der Waals surface area contributed by atoms with Crippen LogP contribution >= 0.6 is 11.3 Å². The lowest BCUT2D eigenvalue weighted by Crippen LogP contribution is -2.48. The van der Waals surface area contributed by atoms with Crippen molar-refractivity contribution in [2.45, 2.75) is 44.6 Å². The van der Waals surface area contributed by atoms with Gasteiger partial charge in [0, 0.05) is 11.4 Å². The van der Waals surface area contributed by atoms with Gasteiger partial charge in [0.15, 0.2) is 0 Å². The number of methoxy groups -OCH3 is 1. The standard InChI is InChI=1S/C15H19NO3S/c1-19-15(18)11-6-2-3-8-16(11)14(17)13-9-10-5-4-7-12(10)20-13/h9,11H,2-8H2,1H3/t11-/m1/s1. The van der Waals surface area contributed by atoms with Crippen LogP contribution in [-0.2, 0) is 22.4 Å². The Morgan fingerprint density at radius 2 is 2.15 bits per heavy atom. The molecule has 108 valence electrons. The zero-order valence-electron chi connectivity index (χ0n) is 11.7. The number of esters is 1. The fourth-order valence-corrected chi connectivity index (χ4v) is 4.34. The zero-order valence-corrected chi connectivity index (χ0v) is 12.5. The van der Waals surface area contributed by atoms with Gasteiger partial charge in [-0.05, 0) is 50.2 Å². The van der Waals surface area contributed by atoms with Gasteiger partial charge in [-0.25, -0.2) is 4.79 Å². The molecule has 1 aliphatic heterocycles. The van der Waals surface area contributed by atoms with Crippen LogP contribution in [0.2, 0.25) is 0 Å². The first-order valence-corrected chi connectivity index (χ1v) is 8.02. The van der Waals surface area contributed by atoms with Crippen molar-refractivity contribution < 1.29 is 14.3 Å². The molecule has 0 bridgehead atoms. The minimum Gasteiger partial charge on any atom is -0.467 e. The van der Waals surface area contributed by atoms with Gasteiger partial charge in [0.05, 0.1) is 12.0 Å². The van der Waals surface area contributed by atoms with E-state index in [-0.39, 0.29) is 11.9 Å². The molecule has 0 radical (unpaired) electrons. The molecule has 1 saturated heterocycles. The van der Waals surface area contributed by atoms with E-state index in [0.29, 0.717) is 13.0 Å². The van der Waals surface area contributed by atoms with Gasteiger partial charge in [0.25, 0.3) is 5.91 Å². The van der Waals surface area contributed by atoms with E-state index in [9.17, 15) is 9.59 Å². The summed E-state index contributed by atoms with van der Waals surface area (Å²) in [6, 6.07) is 1.62. The number of fused-ring (bicyclic) bond motifs is 1. The van der Waals surface area contributed by atoms with Crippen LogP contribution in [0.5, 0.6) is 0 Å². The minimum absolute atomic E-state index is 0.000463. The molecule has 1 atom stereocenters. The van der Waals surface area contributed by atoms with Gasteiger partial charge in [-0.15, -0.1) is 11.3 Å². The summed E-state index contributed by atoms with van der Waals surface area (Å²) in [6.07, 6.45) is 6.02. The largest absolute Gasteiger partial charge is 0.467 e. The molecule has 0 aromatic carbocycles. The van der Waals surface area contributed by atoms with Gasteiger partial charge in [-0.1, -0.05) is 0 Å². The predicted molar refractivity (Wildman–Crippen MR) is 77.0 cm³/mol. The Morgan fingerprint density at radius 3 is 2.90 bits per heavy atom. The first-order valence-electron chi connectivity index (χ1n) is 7.21. The van der Waals surface area contributed by atoms with E-state index in [4.69, 9.17) is 4.74 Å². The lowest BCUT2D eigenvalue weighted by molar-refractivity contribution is -0.147. The molecule has 3 rings (SSSR count). The summed E-state index contributed by atoms with van der Waals surface area (Å²) in [5.74, 6) is -0.290. The molecule has 0 saturated carbocycles. The Bertz CT molecular complexity index is 516. The number of aryl methyl sites for hydroxylation is 2. The smallest absolute Gasteiger partial charge is 0.328 e. The summed E-state index contributed by atoms with van der Waals surface area (Å²) in [6.45, 7) is 0.654. The second-order valence-corrected chi connectivity index (χ2v) is 6.58. The molecule has 1 amide bonds. The maximum Gasteiger partial charge on any atom is 0.328 e. The summed E-state index contributed by atoms with van der Waals surface area (Å²) in [5.41, 5.74) is 1.32. The Labute approximate surface area is 122 Å². The van der Waals surface area contributed by atoms with E-state index in [1.165, 1.54) is 24.0 Å². The molecule has 1 aliphatic carbocycles. The molecular weight excluding hydrogens is 274 g/mol. The van der Waals surface area contributed by atoms with Crippen molar-refractivity contribution in [2.75, 3.05) is 13.7 Å². The monoisotopic (exact) mass is 293 g/mol. The summed E-state index contributed by atoms with van der Waals surface area (Å²) in [7, 11) is 1.39. The number of piperidine rings is 1. The van der Waals surface area contributed by atoms with Crippen LogP contribution in [-0.4, -0.2) is 36.5 Å². The van der Waals surface area contributed by atoms with E-state index in [1.807, 2.05) is 6.07 Å². The molecule has 0 spiro atoms. The molecule has 0 N–H and O–H groups in total. The predicted octanol–water partition coefficient (Wildman–Crippen LogP) is 2.40. The first kappa shape index (κ1) is 13.6. The van der Waals surface area contributed by atoms with E-state index >= 15 is 0 Å². The van der Waals surface area contributed by atoms with Crippen molar-refractivity contribution in [2.24, 2.45) is 0 Å². The molecule has 20 heavy (non-hydrogen) atoms. The highest BCUT2D eigenvalue weighted by Crippen LogP contribution is 2.32. The lowest BCUT2D eigenvalue weighted by atomic mass is 10.0. The van der Waals surface area contributed by atoms with Crippen molar-refractivity contribution in [1.29, 1.82) is 0 Å². The van der Waals surface area contributed by atoms with Crippen LogP contribution in [0.4, 0.5) is 0 Å².